The van der Waals surface area contributed by atoms with Gasteiger partial charge in [-0.25, -0.2) is 0 Å². The SMILES string of the molecule is Cc1cc(CNC(=O)CC23C[C@H]4C[C@@H](CC(O)(C4)C2)C3)on1. The molecule has 2 N–H and O–H groups in total. The molecule has 5 nitrogen and oxygen atoms in total. The van der Waals surface area contributed by atoms with Crippen molar-refractivity contribution in [2.24, 2.45) is 17.3 Å². The van der Waals surface area contributed by atoms with Crippen LogP contribution in [0.5, 0.6) is 0 Å². The van der Waals surface area contributed by atoms with Gasteiger partial charge < -0.3 is 14.9 Å². The number of amides is 1. The molecule has 0 saturated heterocycles. The minimum atomic E-state index is -0.494. The van der Waals surface area contributed by atoms with Gasteiger partial charge in [-0.2, -0.15) is 0 Å². The summed E-state index contributed by atoms with van der Waals surface area (Å²) in [5, 5.41) is 17.5. The number of nitrogens with zero attached hydrogens (tertiary/aromatic N) is 1. The zero-order valence-electron chi connectivity index (χ0n) is 13.1. The number of hydrogen-bond donors (Lipinski definition) is 2. The van der Waals surface area contributed by atoms with Crippen LogP contribution in [0.4, 0.5) is 0 Å². The van der Waals surface area contributed by atoms with Crippen molar-refractivity contribution < 1.29 is 14.4 Å². The fourth-order valence-electron chi connectivity index (χ4n) is 5.70. The average molecular weight is 304 g/mol. The third kappa shape index (κ3) is 2.56. The van der Waals surface area contributed by atoms with Gasteiger partial charge in [0.15, 0.2) is 5.76 Å². The maximum Gasteiger partial charge on any atom is 0.220 e. The van der Waals surface area contributed by atoms with Gasteiger partial charge in [0.05, 0.1) is 17.8 Å². The Morgan fingerprint density at radius 1 is 1.41 bits per heavy atom. The van der Waals surface area contributed by atoms with E-state index in [1.807, 2.05) is 13.0 Å². The highest BCUT2D eigenvalue weighted by atomic mass is 16.5. The van der Waals surface area contributed by atoms with E-state index in [1.165, 1.54) is 6.42 Å². The lowest BCUT2D eigenvalue weighted by molar-refractivity contribution is -0.169. The molecule has 4 aliphatic rings. The maximum absolute atomic E-state index is 12.4. The molecule has 1 amide bonds. The first-order valence-corrected chi connectivity index (χ1v) is 8.35. The largest absolute Gasteiger partial charge is 0.390 e. The van der Waals surface area contributed by atoms with E-state index in [-0.39, 0.29) is 11.3 Å². The highest BCUT2D eigenvalue weighted by Crippen LogP contribution is 2.62. The molecule has 4 bridgehead atoms. The van der Waals surface area contributed by atoms with E-state index >= 15 is 0 Å². The predicted octanol–water partition coefficient (Wildman–Crippen LogP) is 2.32. The molecule has 1 aromatic heterocycles. The zero-order chi connectivity index (χ0) is 15.4. The molecule has 0 aliphatic heterocycles. The summed E-state index contributed by atoms with van der Waals surface area (Å²) < 4.78 is 5.12. The smallest absolute Gasteiger partial charge is 0.220 e. The van der Waals surface area contributed by atoms with E-state index < -0.39 is 5.60 Å². The van der Waals surface area contributed by atoms with Crippen molar-refractivity contribution in [3.05, 3.63) is 17.5 Å². The lowest BCUT2D eigenvalue weighted by Crippen LogP contribution is -2.56. The molecule has 22 heavy (non-hydrogen) atoms. The Hall–Kier alpha value is -1.36. The number of rotatable bonds is 4. The first-order valence-electron chi connectivity index (χ1n) is 8.35. The molecule has 4 fully saturated rings. The van der Waals surface area contributed by atoms with E-state index in [9.17, 15) is 9.90 Å². The normalized spacial score (nSPS) is 39.2. The van der Waals surface area contributed by atoms with E-state index in [2.05, 4.69) is 10.5 Å². The molecule has 2 atom stereocenters. The fraction of sp³-hybridized carbons (Fsp3) is 0.765. The van der Waals surface area contributed by atoms with Crippen molar-refractivity contribution in [2.45, 2.75) is 64.0 Å². The lowest BCUT2D eigenvalue weighted by Gasteiger charge is -2.60. The Bertz CT molecular complexity index is 580. The molecule has 5 rings (SSSR count). The van der Waals surface area contributed by atoms with Crippen molar-refractivity contribution in [1.82, 2.24) is 10.5 Å². The van der Waals surface area contributed by atoms with Crippen LogP contribution < -0.4 is 5.32 Å². The summed E-state index contributed by atoms with van der Waals surface area (Å²) in [6.07, 6.45) is 6.72. The second-order valence-corrected chi connectivity index (χ2v) is 8.07. The van der Waals surface area contributed by atoms with Gasteiger partial charge in [0.1, 0.15) is 0 Å². The summed E-state index contributed by atoms with van der Waals surface area (Å²) in [7, 11) is 0. The van der Waals surface area contributed by atoms with E-state index in [4.69, 9.17) is 4.52 Å². The van der Waals surface area contributed by atoms with Crippen LogP contribution in [-0.4, -0.2) is 21.8 Å². The van der Waals surface area contributed by atoms with Crippen molar-refractivity contribution in [3.8, 4) is 0 Å². The Kier molecular flexibility index (Phi) is 3.12. The summed E-state index contributed by atoms with van der Waals surface area (Å²) in [6, 6.07) is 1.84. The average Bonchev–Trinajstić information content (AvgIpc) is 2.78. The van der Waals surface area contributed by atoms with Crippen LogP contribution in [-0.2, 0) is 11.3 Å². The van der Waals surface area contributed by atoms with Crippen LogP contribution >= 0.6 is 0 Å². The predicted molar refractivity (Wildman–Crippen MR) is 79.8 cm³/mol. The van der Waals surface area contributed by atoms with Crippen LogP contribution in [0.25, 0.3) is 0 Å². The summed E-state index contributed by atoms with van der Waals surface area (Å²) in [5.74, 6) is 2.00. The van der Waals surface area contributed by atoms with Crippen molar-refractivity contribution >= 4 is 5.91 Å². The summed E-state index contributed by atoms with van der Waals surface area (Å²) in [5.41, 5.74) is 0.361. The Morgan fingerprint density at radius 3 is 2.73 bits per heavy atom. The highest BCUT2D eigenvalue weighted by Gasteiger charge is 2.57. The van der Waals surface area contributed by atoms with E-state index in [1.54, 1.807) is 0 Å². The molecule has 0 spiro atoms. The second kappa shape index (κ2) is 4.82. The van der Waals surface area contributed by atoms with Gasteiger partial charge in [0.25, 0.3) is 0 Å². The molecule has 1 aromatic rings. The highest BCUT2D eigenvalue weighted by molar-refractivity contribution is 5.76. The topological polar surface area (TPSA) is 75.4 Å². The second-order valence-electron chi connectivity index (χ2n) is 8.07. The zero-order valence-corrected chi connectivity index (χ0v) is 13.1. The molecule has 0 unspecified atom stereocenters. The van der Waals surface area contributed by atoms with Crippen molar-refractivity contribution in [3.63, 3.8) is 0 Å². The van der Waals surface area contributed by atoms with Gasteiger partial charge in [0, 0.05) is 12.5 Å². The Labute approximate surface area is 130 Å². The monoisotopic (exact) mass is 304 g/mol. The third-order valence-corrected chi connectivity index (χ3v) is 5.82. The van der Waals surface area contributed by atoms with Crippen molar-refractivity contribution in [2.75, 3.05) is 0 Å². The van der Waals surface area contributed by atoms with E-state index in [0.29, 0.717) is 30.6 Å². The fourth-order valence-corrected chi connectivity index (χ4v) is 5.70. The summed E-state index contributed by atoms with van der Waals surface area (Å²) in [4.78, 5) is 12.4. The van der Waals surface area contributed by atoms with Gasteiger partial charge in [-0.1, -0.05) is 5.16 Å². The minimum Gasteiger partial charge on any atom is -0.390 e. The Morgan fingerprint density at radius 2 is 2.14 bits per heavy atom. The molecule has 4 aliphatic carbocycles. The van der Waals surface area contributed by atoms with Gasteiger partial charge >= 0.3 is 0 Å². The number of carbonyl (C=O) groups excluding carboxylic acids is 1. The summed E-state index contributed by atoms with van der Waals surface area (Å²) >= 11 is 0. The molecule has 0 aromatic carbocycles. The van der Waals surface area contributed by atoms with Crippen LogP contribution in [0.1, 0.15) is 56.4 Å². The first kappa shape index (κ1) is 14.2. The van der Waals surface area contributed by atoms with E-state index in [0.717, 1.165) is 37.8 Å². The van der Waals surface area contributed by atoms with Crippen LogP contribution in [0.2, 0.25) is 0 Å². The van der Waals surface area contributed by atoms with Crippen LogP contribution in [0.3, 0.4) is 0 Å². The molecule has 4 saturated carbocycles. The maximum atomic E-state index is 12.4. The summed E-state index contributed by atoms with van der Waals surface area (Å²) in [6.45, 7) is 2.26. The molecular formula is C17H24N2O3. The minimum absolute atomic E-state index is 0.0280. The van der Waals surface area contributed by atoms with Crippen molar-refractivity contribution in [1.29, 1.82) is 0 Å². The number of hydrogen-bond acceptors (Lipinski definition) is 4. The number of aryl methyl sites for hydroxylation is 1. The van der Waals surface area contributed by atoms with Crippen LogP contribution in [0, 0.1) is 24.2 Å². The molecule has 120 valence electrons. The molecular weight excluding hydrogens is 280 g/mol. The number of aromatic nitrogens is 1. The molecule has 5 heteroatoms. The first-order chi connectivity index (χ1) is 10.4. The van der Waals surface area contributed by atoms with Crippen LogP contribution in [0.15, 0.2) is 10.6 Å². The van der Waals surface area contributed by atoms with Gasteiger partial charge in [-0.3, -0.25) is 4.79 Å². The molecule has 0 radical (unpaired) electrons. The number of carbonyl (C=O) groups is 1. The van der Waals surface area contributed by atoms with Gasteiger partial charge in [-0.15, -0.1) is 0 Å². The third-order valence-electron chi connectivity index (χ3n) is 5.82. The van der Waals surface area contributed by atoms with Gasteiger partial charge in [0.2, 0.25) is 5.91 Å². The van der Waals surface area contributed by atoms with Gasteiger partial charge in [-0.05, 0) is 62.7 Å². The Balaban J connectivity index is 1.39. The standard InChI is InChI=1S/C17H24N2O3/c1-11-2-14(22-19-11)9-18-15(20)8-16-4-12-3-13(5-16)7-17(21,6-12)10-16/h2,12-13,21H,3-10H2,1H3,(H,18,20)/t12-,13-,16?,17?/m1/s1. The molecule has 1 heterocycles. The number of nitrogens with one attached hydrogen (secondary N) is 1. The lowest BCUT2D eigenvalue weighted by atomic mass is 9.47. The quantitative estimate of drug-likeness (QED) is 0.895. The number of aliphatic hydroxyl groups is 1.